The zero-order chi connectivity index (χ0) is 21.2. The molecule has 0 aromatic heterocycles. The molecule has 1 aliphatic rings. The first-order valence-electron chi connectivity index (χ1n) is 10.1. The standard InChI is InChI=1S/C23H26N6O/c24-16-19-2-4-21(5-3-19)18-29-14-12-28(13-15-29)11-1-10-26-23(30)27-22-8-6-20(17-25)7-9-22/h2-9H,1,10-15,18H2,(H2,26,27,30). The van der Waals surface area contributed by atoms with Gasteiger partial charge < -0.3 is 15.5 Å². The number of hydrogen-bond donors (Lipinski definition) is 2. The van der Waals surface area contributed by atoms with E-state index in [1.165, 1.54) is 5.56 Å². The summed E-state index contributed by atoms with van der Waals surface area (Å²) >= 11 is 0. The first-order chi connectivity index (χ1) is 14.7. The highest BCUT2D eigenvalue weighted by atomic mass is 16.2. The molecule has 2 N–H and O–H groups in total. The van der Waals surface area contributed by atoms with Crippen molar-refractivity contribution < 1.29 is 4.79 Å². The Hall–Kier alpha value is -3.39. The van der Waals surface area contributed by atoms with Crippen LogP contribution in [-0.2, 0) is 6.54 Å². The molecule has 0 saturated carbocycles. The van der Waals surface area contributed by atoms with Gasteiger partial charge >= 0.3 is 6.03 Å². The van der Waals surface area contributed by atoms with Crippen molar-refractivity contribution in [1.82, 2.24) is 15.1 Å². The summed E-state index contributed by atoms with van der Waals surface area (Å²) in [5.41, 5.74) is 3.17. The van der Waals surface area contributed by atoms with Gasteiger partial charge in [0.1, 0.15) is 0 Å². The monoisotopic (exact) mass is 402 g/mol. The first kappa shape index (κ1) is 21.3. The van der Waals surface area contributed by atoms with Crippen molar-refractivity contribution in [2.45, 2.75) is 13.0 Å². The second-order valence-electron chi connectivity index (χ2n) is 7.35. The van der Waals surface area contributed by atoms with Gasteiger partial charge in [-0.3, -0.25) is 4.90 Å². The molecule has 2 aromatic rings. The number of piperazine rings is 1. The number of nitrogens with one attached hydrogen (secondary N) is 2. The van der Waals surface area contributed by atoms with Crippen LogP contribution < -0.4 is 10.6 Å². The summed E-state index contributed by atoms with van der Waals surface area (Å²) in [6.45, 7) is 6.58. The van der Waals surface area contributed by atoms with Gasteiger partial charge in [0.2, 0.25) is 0 Å². The number of rotatable bonds is 7. The molecule has 1 saturated heterocycles. The van der Waals surface area contributed by atoms with Gasteiger partial charge in [-0.15, -0.1) is 0 Å². The van der Waals surface area contributed by atoms with Crippen molar-refractivity contribution in [1.29, 1.82) is 10.5 Å². The van der Waals surface area contributed by atoms with Crippen LogP contribution in [0.1, 0.15) is 23.1 Å². The Kier molecular flexibility index (Phi) is 7.79. The molecule has 1 aliphatic heterocycles. The SMILES string of the molecule is N#Cc1ccc(CN2CCN(CCCNC(=O)Nc3ccc(C#N)cc3)CC2)cc1. The van der Waals surface area contributed by atoms with Gasteiger partial charge in [0, 0.05) is 45.0 Å². The minimum absolute atomic E-state index is 0.230. The van der Waals surface area contributed by atoms with Gasteiger partial charge in [-0.2, -0.15) is 10.5 Å². The Morgan fingerprint density at radius 3 is 2.03 bits per heavy atom. The van der Waals surface area contributed by atoms with E-state index in [2.05, 4.69) is 32.6 Å². The van der Waals surface area contributed by atoms with Crippen LogP contribution in [0.2, 0.25) is 0 Å². The predicted molar refractivity (Wildman–Crippen MR) is 116 cm³/mol. The van der Waals surface area contributed by atoms with E-state index in [4.69, 9.17) is 10.5 Å². The predicted octanol–water partition coefficient (Wildman–Crippen LogP) is 2.76. The van der Waals surface area contributed by atoms with Crippen molar-refractivity contribution >= 4 is 11.7 Å². The summed E-state index contributed by atoms with van der Waals surface area (Å²) in [5, 5.41) is 23.3. The molecule has 7 nitrogen and oxygen atoms in total. The van der Waals surface area contributed by atoms with E-state index in [-0.39, 0.29) is 6.03 Å². The van der Waals surface area contributed by atoms with E-state index < -0.39 is 0 Å². The van der Waals surface area contributed by atoms with Gasteiger partial charge in [0.05, 0.1) is 23.3 Å². The Morgan fingerprint density at radius 2 is 1.43 bits per heavy atom. The van der Waals surface area contributed by atoms with E-state index in [0.717, 1.165) is 45.7 Å². The number of amides is 2. The van der Waals surface area contributed by atoms with Crippen LogP contribution in [-0.4, -0.2) is 55.1 Å². The second-order valence-corrected chi connectivity index (χ2v) is 7.35. The lowest BCUT2D eigenvalue weighted by Gasteiger charge is -2.34. The zero-order valence-electron chi connectivity index (χ0n) is 17.0. The molecule has 0 bridgehead atoms. The lowest BCUT2D eigenvalue weighted by molar-refractivity contribution is 0.126. The smallest absolute Gasteiger partial charge is 0.319 e. The maximum Gasteiger partial charge on any atom is 0.319 e. The Labute approximate surface area is 177 Å². The van der Waals surface area contributed by atoms with Crippen LogP contribution in [0, 0.1) is 22.7 Å². The van der Waals surface area contributed by atoms with Crippen molar-refractivity contribution in [3.05, 3.63) is 65.2 Å². The first-order valence-corrected chi connectivity index (χ1v) is 10.1. The molecule has 2 aromatic carbocycles. The highest BCUT2D eigenvalue weighted by molar-refractivity contribution is 5.89. The fraction of sp³-hybridized carbons (Fsp3) is 0.348. The zero-order valence-corrected chi connectivity index (χ0v) is 17.0. The Bertz CT molecular complexity index is 903. The molecule has 3 rings (SSSR count). The lowest BCUT2D eigenvalue weighted by atomic mass is 10.1. The maximum atomic E-state index is 11.9. The number of hydrogen-bond acceptors (Lipinski definition) is 5. The fourth-order valence-corrected chi connectivity index (χ4v) is 3.42. The topological polar surface area (TPSA) is 95.2 Å². The fourth-order valence-electron chi connectivity index (χ4n) is 3.42. The van der Waals surface area contributed by atoms with E-state index in [9.17, 15) is 4.79 Å². The van der Waals surface area contributed by atoms with E-state index in [0.29, 0.717) is 23.4 Å². The quantitative estimate of drug-likeness (QED) is 0.695. The molecule has 30 heavy (non-hydrogen) atoms. The van der Waals surface area contributed by atoms with Gasteiger partial charge in [0.15, 0.2) is 0 Å². The molecule has 0 unspecified atom stereocenters. The number of nitrogens with zero attached hydrogens (tertiary/aromatic N) is 4. The van der Waals surface area contributed by atoms with Crippen LogP contribution >= 0.6 is 0 Å². The van der Waals surface area contributed by atoms with Crippen molar-refractivity contribution in [2.24, 2.45) is 0 Å². The average molecular weight is 403 g/mol. The summed E-state index contributed by atoms with van der Waals surface area (Å²) in [6, 6.07) is 18.6. The number of urea groups is 1. The van der Waals surface area contributed by atoms with Gasteiger partial charge in [-0.1, -0.05) is 12.1 Å². The van der Waals surface area contributed by atoms with E-state index >= 15 is 0 Å². The Morgan fingerprint density at radius 1 is 0.867 bits per heavy atom. The summed E-state index contributed by atoms with van der Waals surface area (Å²) in [7, 11) is 0. The molecule has 7 heteroatoms. The second kappa shape index (κ2) is 11.0. The highest BCUT2D eigenvalue weighted by Gasteiger charge is 2.16. The molecule has 1 heterocycles. The summed E-state index contributed by atoms with van der Waals surface area (Å²) in [5.74, 6) is 0. The van der Waals surface area contributed by atoms with E-state index in [1.807, 2.05) is 24.3 Å². The number of nitriles is 2. The third kappa shape index (κ3) is 6.59. The number of benzene rings is 2. The molecule has 2 amide bonds. The van der Waals surface area contributed by atoms with Crippen LogP contribution in [0.5, 0.6) is 0 Å². The van der Waals surface area contributed by atoms with Crippen molar-refractivity contribution in [3.8, 4) is 12.1 Å². The molecule has 0 aliphatic carbocycles. The van der Waals surface area contributed by atoms with E-state index in [1.54, 1.807) is 24.3 Å². The van der Waals surface area contributed by atoms with Crippen LogP contribution in [0.15, 0.2) is 48.5 Å². The van der Waals surface area contributed by atoms with Crippen LogP contribution in [0.4, 0.5) is 10.5 Å². The summed E-state index contributed by atoms with van der Waals surface area (Å²) < 4.78 is 0. The minimum atomic E-state index is -0.230. The molecule has 1 fully saturated rings. The van der Waals surface area contributed by atoms with Gasteiger partial charge in [-0.25, -0.2) is 4.79 Å². The molecule has 0 spiro atoms. The van der Waals surface area contributed by atoms with Gasteiger partial charge in [-0.05, 0) is 54.9 Å². The van der Waals surface area contributed by atoms with Crippen molar-refractivity contribution in [3.63, 3.8) is 0 Å². The van der Waals surface area contributed by atoms with Crippen molar-refractivity contribution in [2.75, 3.05) is 44.6 Å². The largest absolute Gasteiger partial charge is 0.338 e. The van der Waals surface area contributed by atoms with Gasteiger partial charge in [0.25, 0.3) is 0 Å². The highest BCUT2D eigenvalue weighted by Crippen LogP contribution is 2.10. The Balaban J connectivity index is 1.28. The minimum Gasteiger partial charge on any atom is -0.338 e. The third-order valence-electron chi connectivity index (χ3n) is 5.16. The van der Waals surface area contributed by atoms with Crippen LogP contribution in [0.3, 0.4) is 0 Å². The molecular formula is C23H26N6O. The maximum absolute atomic E-state index is 11.9. The van der Waals surface area contributed by atoms with Crippen LogP contribution in [0.25, 0.3) is 0 Å². The lowest BCUT2D eigenvalue weighted by Crippen LogP contribution is -2.46. The molecule has 0 atom stereocenters. The molecular weight excluding hydrogens is 376 g/mol. The number of carbonyl (C=O) groups excluding carboxylic acids is 1. The number of anilines is 1. The third-order valence-corrected chi connectivity index (χ3v) is 5.16. The normalized spacial score (nSPS) is 14.5. The summed E-state index contributed by atoms with van der Waals surface area (Å²) in [4.78, 5) is 16.8. The number of carbonyl (C=O) groups is 1. The molecule has 0 radical (unpaired) electrons. The average Bonchev–Trinajstić information content (AvgIpc) is 2.79. The summed E-state index contributed by atoms with van der Waals surface area (Å²) in [6.07, 6.45) is 0.899. The molecule has 154 valence electrons.